The van der Waals surface area contributed by atoms with E-state index in [-0.39, 0.29) is 5.91 Å². The molecule has 1 aromatic rings. The summed E-state index contributed by atoms with van der Waals surface area (Å²) in [5.41, 5.74) is 0.162. The van der Waals surface area contributed by atoms with Gasteiger partial charge in [-0.15, -0.1) is 23.2 Å². The van der Waals surface area contributed by atoms with Crippen LogP contribution < -0.4 is 5.32 Å². The second-order valence-corrected chi connectivity index (χ2v) is 5.94. The second-order valence-electron chi connectivity index (χ2n) is 3.68. The largest absolute Gasteiger partial charge is 0.325 e. The van der Waals surface area contributed by atoms with E-state index < -0.39 is 9.75 Å². The zero-order valence-electron chi connectivity index (χ0n) is 7.51. The van der Waals surface area contributed by atoms with Gasteiger partial charge in [-0.3, -0.25) is 4.79 Å². The lowest BCUT2D eigenvalue weighted by atomic mass is 10.1. The van der Waals surface area contributed by atoms with Crippen LogP contribution in [-0.4, -0.2) is 10.2 Å². The zero-order chi connectivity index (χ0) is 10.4. The first-order valence-corrected chi connectivity index (χ1v) is 5.87. The number of hydrogen-bond acceptors (Lipinski definition) is 2. The first kappa shape index (κ1) is 10.3. The van der Waals surface area contributed by atoms with Gasteiger partial charge < -0.3 is 5.32 Å². The van der Waals surface area contributed by atoms with Gasteiger partial charge in [0.05, 0.1) is 11.1 Å². The fourth-order valence-corrected chi connectivity index (χ4v) is 2.54. The van der Waals surface area contributed by atoms with Gasteiger partial charge in [0.2, 0.25) is 5.91 Å². The molecule has 1 aliphatic rings. The Morgan fingerprint density at radius 1 is 1.64 bits per heavy atom. The molecule has 1 aromatic heterocycles. The Hall–Kier alpha value is -0.250. The monoisotopic (exact) mass is 249 g/mol. The zero-order valence-corrected chi connectivity index (χ0v) is 9.84. The van der Waals surface area contributed by atoms with Crippen LogP contribution >= 0.6 is 34.5 Å². The van der Waals surface area contributed by atoms with Gasteiger partial charge in [0, 0.05) is 5.38 Å². The fourth-order valence-electron chi connectivity index (χ4n) is 1.25. The number of hydrogen-bond donors (Lipinski definition) is 1. The first-order chi connectivity index (χ1) is 6.46. The predicted molar refractivity (Wildman–Crippen MR) is 60.1 cm³/mol. The maximum Gasteiger partial charge on any atom is 0.233 e. The SMILES string of the molecule is CC1(C(=O)Nc2ccsc2)CC1(Cl)Cl. The molecule has 1 saturated carbocycles. The van der Waals surface area contributed by atoms with E-state index in [0.717, 1.165) is 5.69 Å². The number of thiophene rings is 1. The lowest BCUT2D eigenvalue weighted by Crippen LogP contribution is -2.25. The van der Waals surface area contributed by atoms with Crippen molar-refractivity contribution in [3.05, 3.63) is 16.8 Å². The minimum Gasteiger partial charge on any atom is -0.325 e. The minimum atomic E-state index is -0.896. The van der Waals surface area contributed by atoms with E-state index in [4.69, 9.17) is 23.2 Å². The Morgan fingerprint density at radius 3 is 2.71 bits per heavy atom. The number of amides is 1. The number of carbonyl (C=O) groups is 1. The average Bonchev–Trinajstić information content (AvgIpc) is 2.54. The average molecular weight is 250 g/mol. The molecule has 1 atom stereocenters. The quantitative estimate of drug-likeness (QED) is 0.802. The molecule has 76 valence electrons. The van der Waals surface area contributed by atoms with Crippen LogP contribution in [0.15, 0.2) is 16.8 Å². The standard InChI is InChI=1S/C9H9Cl2NOS/c1-8(5-9(8,10)11)7(13)12-6-2-3-14-4-6/h2-4H,5H2,1H3,(H,12,13). The van der Waals surface area contributed by atoms with Crippen molar-refractivity contribution in [1.82, 2.24) is 0 Å². The van der Waals surface area contributed by atoms with E-state index in [1.807, 2.05) is 16.8 Å². The third-order valence-corrected chi connectivity index (χ3v) is 4.32. The van der Waals surface area contributed by atoms with Crippen LogP contribution in [0.5, 0.6) is 0 Å². The Morgan fingerprint density at radius 2 is 2.29 bits per heavy atom. The molecule has 1 heterocycles. The van der Waals surface area contributed by atoms with E-state index in [1.165, 1.54) is 11.3 Å². The first-order valence-electron chi connectivity index (χ1n) is 4.17. The Bertz CT molecular complexity index is 363. The molecule has 0 bridgehead atoms. The number of rotatable bonds is 2. The minimum absolute atomic E-state index is 0.110. The summed E-state index contributed by atoms with van der Waals surface area (Å²) < 4.78 is -0.896. The summed E-state index contributed by atoms with van der Waals surface area (Å²) in [7, 11) is 0. The van der Waals surface area contributed by atoms with E-state index in [0.29, 0.717) is 6.42 Å². The molecule has 1 amide bonds. The van der Waals surface area contributed by atoms with Crippen LogP contribution in [-0.2, 0) is 4.79 Å². The van der Waals surface area contributed by atoms with Crippen LogP contribution in [0.2, 0.25) is 0 Å². The number of alkyl halides is 2. The van der Waals surface area contributed by atoms with E-state index in [2.05, 4.69) is 5.32 Å². The van der Waals surface area contributed by atoms with E-state index in [1.54, 1.807) is 6.92 Å². The number of halogens is 2. The molecular weight excluding hydrogens is 241 g/mol. The number of anilines is 1. The van der Waals surface area contributed by atoms with Gasteiger partial charge >= 0.3 is 0 Å². The summed E-state index contributed by atoms with van der Waals surface area (Å²) in [6.45, 7) is 1.77. The molecule has 0 aliphatic heterocycles. The molecule has 0 aromatic carbocycles. The molecule has 14 heavy (non-hydrogen) atoms. The van der Waals surface area contributed by atoms with E-state index in [9.17, 15) is 4.79 Å². The molecule has 1 N–H and O–H groups in total. The maximum atomic E-state index is 11.7. The Kier molecular flexibility index (Phi) is 2.29. The third-order valence-electron chi connectivity index (χ3n) is 2.54. The summed E-state index contributed by atoms with van der Waals surface area (Å²) in [6, 6.07) is 1.85. The van der Waals surface area contributed by atoms with Crippen molar-refractivity contribution in [2.24, 2.45) is 5.41 Å². The smallest absolute Gasteiger partial charge is 0.233 e. The van der Waals surface area contributed by atoms with Crippen LogP contribution in [0.3, 0.4) is 0 Å². The van der Waals surface area contributed by atoms with Gasteiger partial charge in [0.15, 0.2) is 0 Å². The summed E-state index contributed by atoms with van der Waals surface area (Å²) in [4.78, 5) is 11.7. The lowest BCUT2D eigenvalue weighted by Gasteiger charge is -2.11. The number of carbonyl (C=O) groups excluding carboxylic acids is 1. The van der Waals surface area contributed by atoms with Gasteiger partial charge in [-0.1, -0.05) is 0 Å². The van der Waals surface area contributed by atoms with Crippen molar-refractivity contribution in [3.8, 4) is 0 Å². The van der Waals surface area contributed by atoms with Crippen molar-refractivity contribution in [1.29, 1.82) is 0 Å². The summed E-state index contributed by atoms with van der Waals surface area (Å²) in [5.74, 6) is -0.110. The molecule has 5 heteroatoms. The molecule has 1 unspecified atom stereocenters. The van der Waals surface area contributed by atoms with Crippen molar-refractivity contribution in [2.45, 2.75) is 17.7 Å². The summed E-state index contributed by atoms with van der Waals surface area (Å²) >= 11 is 13.3. The van der Waals surface area contributed by atoms with Gasteiger partial charge in [0.1, 0.15) is 4.33 Å². The molecule has 2 nitrogen and oxygen atoms in total. The van der Waals surface area contributed by atoms with Gasteiger partial charge in [0.25, 0.3) is 0 Å². The second kappa shape index (κ2) is 3.12. The van der Waals surface area contributed by atoms with E-state index >= 15 is 0 Å². The highest BCUT2D eigenvalue weighted by molar-refractivity contribution is 7.08. The highest BCUT2D eigenvalue weighted by Crippen LogP contribution is 2.64. The predicted octanol–water partition coefficient (Wildman–Crippen LogP) is 3.27. The van der Waals surface area contributed by atoms with Crippen LogP contribution in [0, 0.1) is 5.41 Å². The number of nitrogens with one attached hydrogen (secondary N) is 1. The Balaban J connectivity index is 2.05. The molecular formula is C9H9Cl2NOS. The molecule has 1 aliphatic carbocycles. The van der Waals surface area contributed by atoms with Crippen molar-refractivity contribution < 1.29 is 4.79 Å². The highest BCUT2D eigenvalue weighted by atomic mass is 35.5. The lowest BCUT2D eigenvalue weighted by molar-refractivity contribution is -0.120. The summed E-state index contributed by atoms with van der Waals surface area (Å²) in [6.07, 6.45) is 0.513. The van der Waals surface area contributed by atoms with Crippen molar-refractivity contribution in [2.75, 3.05) is 5.32 Å². The van der Waals surface area contributed by atoms with Gasteiger partial charge in [-0.2, -0.15) is 11.3 Å². The van der Waals surface area contributed by atoms with Gasteiger partial charge in [-0.05, 0) is 24.8 Å². The van der Waals surface area contributed by atoms with Crippen molar-refractivity contribution in [3.63, 3.8) is 0 Å². The fraction of sp³-hybridized carbons (Fsp3) is 0.444. The Labute approximate surface area is 96.2 Å². The van der Waals surface area contributed by atoms with Gasteiger partial charge in [-0.25, -0.2) is 0 Å². The third kappa shape index (κ3) is 1.53. The molecule has 0 saturated heterocycles. The van der Waals surface area contributed by atoms with Crippen LogP contribution in [0.1, 0.15) is 13.3 Å². The molecule has 2 rings (SSSR count). The molecule has 0 radical (unpaired) electrons. The molecule has 1 fully saturated rings. The molecule has 0 spiro atoms. The van der Waals surface area contributed by atoms with Crippen molar-refractivity contribution >= 4 is 46.1 Å². The van der Waals surface area contributed by atoms with Crippen LogP contribution in [0.4, 0.5) is 5.69 Å². The highest BCUT2D eigenvalue weighted by Gasteiger charge is 2.67. The normalized spacial score (nSPS) is 28.5. The maximum absolute atomic E-state index is 11.7. The topological polar surface area (TPSA) is 29.1 Å². The van der Waals surface area contributed by atoms with Crippen LogP contribution in [0.25, 0.3) is 0 Å². The summed E-state index contributed by atoms with van der Waals surface area (Å²) in [5, 5.41) is 6.55.